The molecule has 0 rings (SSSR count). The molecule has 0 bridgehead atoms. The van der Waals surface area contributed by atoms with Gasteiger partial charge in [-0.25, -0.2) is 0 Å². The summed E-state index contributed by atoms with van der Waals surface area (Å²) in [4.78, 5) is 2.07. The molecule has 0 radical (unpaired) electrons. The summed E-state index contributed by atoms with van der Waals surface area (Å²) in [6.45, 7) is 6.81. The molecule has 0 aliphatic rings. The summed E-state index contributed by atoms with van der Waals surface area (Å²) in [6, 6.07) is 0. The highest BCUT2D eigenvalue weighted by molar-refractivity contribution is 4.97. The van der Waals surface area contributed by atoms with Crippen molar-refractivity contribution in [1.29, 1.82) is 0 Å². The quantitative estimate of drug-likeness (QED) is 0.571. The first-order valence-corrected chi connectivity index (χ1v) is 6.07. The SMILES string of the molecule is CCC(C)CCC=CC(C)C=CN(C)C. The molecule has 15 heavy (non-hydrogen) atoms. The largest absolute Gasteiger partial charge is 0.384 e. The number of hydrogen-bond donors (Lipinski definition) is 0. The van der Waals surface area contributed by atoms with Gasteiger partial charge in [0.2, 0.25) is 0 Å². The summed E-state index contributed by atoms with van der Waals surface area (Å²) in [5.41, 5.74) is 0. The molecule has 0 saturated carbocycles. The first kappa shape index (κ1) is 14.3. The second-order valence-electron chi connectivity index (χ2n) is 4.68. The van der Waals surface area contributed by atoms with Crippen molar-refractivity contribution >= 4 is 0 Å². The molecule has 0 heterocycles. The Balaban J connectivity index is 3.67. The van der Waals surface area contributed by atoms with Gasteiger partial charge in [-0.15, -0.1) is 0 Å². The van der Waals surface area contributed by atoms with Crippen LogP contribution >= 0.6 is 0 Å². The second-order valence-corrected chi connectivity index (χ2v) is 4.68. The van der Waals surface area contributed by atoms with Crippen molar-refractivity contribution in [1.82, 2.24) is 4.90 Å². The van der Waals surface area contributed by atoms with Crippen LogP contribution in [0.5, 0.6) is 0 Å². The standard InChI is InChI=1S/C14H27N/c1-6-13(2)9-7-8-10-14(3)11-12-15(4)5/h8,10-14H,6-7,9H2,1-5H3. The van der Waals surface area contributed by atoms with Gasteiger partial charge in [0.25, 0.3) is 0 Å². The summed E-state index contributed by atoms with van der Waals surface area (Å²) in [5.74, 6) is 1.41. The van der Waals surface area contributed by atoms with E-state index in [0.717, 1.165) is 5.92 Å². The highest BCUT2D eigenvalue weighted by atomic mass is 15.0. The van der Waals surface area contributed by atoms with E-state index in [-0.39, 0.29) is 0 Å². The zero-order valence-corrected chi connectivity index (χ0v) is 11.0. The van der Waals surface area contributed by atoms with Gasteiger partial charge < -0.3 is 4.90 Å². The number of hydrogen-bond acceptors (Lipinski definition) is 1. The molecule has 1 heteroatoms. The Morgan fingerprint density at radius 1 is 1.13 bits per heavy atom. The average molecular weight is 209 g/mol. The van der Waals surface area contributed by atoms with Crippen LogP contribution in [0, 0.1) is 11.8 Å². The molecule has 0 aliphatic carbocycles. The van der Waals surface area contributed by atoms with Crippen LogP contribution in [0.15, 0.2) is 24.4 Å². The third-order valence-corrected chi connectivity index (χ3v) is 2.65. The first-order chi connectivity index (χ1) is 7.06. The summed E-state index contributed by atoms with van der Waals surface area (Å²) >= 11 is 0. The molecule has 0 spiro atoms. The minimum absolute atomic E-state index is 0.546. The van der Waals surface area contributed by atoms with Gasteiger partial charge >= 0.3 is 0 Å². The molecule has 0 N–H and O–H groups in total. The Kier molecular flexibility index (Phi) is 8.17. The lowest BCUT2D eigenvalue weighted by Gasteiger charge is -2.06. The van der Waals surface area contributed by atoms with Gasteiger partial charge in [-0.2, -0.15) is 0 Å². The Labute approximate surface area is 95.9 Å². The number of rotatable bonds is 7. The molecule has 88 valence electrons. The van der Waals surface area contributed by atoms with Crippen LogP contribution in [0.4, 0.5) is 0 Å². The fourth-order valence-electron chi connectivity index (χ4n) is 1.27. The lowest BCUT2D eigenvalue weighted by atomic mass is 10.0. The van der Waals surface area contributed by atoms with Gasteiger partial charge in [0, 0.05) is 14.1 Å². The van der Waals surface area contributed by atoms with E-state index in [4.69, 9.17) is 0 Å². The Morgan fingerprint density at radius 3 is 2.33 bits per heavy atom. The van der Waals surface area contributed by atoms with Gasteiger partial charge in [0.15, 0.2) is 0 Å². The number of allylic oxidation sites excluding steroid dienone is 3. The molecule has 0 amide bonds. The summed E-state index contributed by atoms with van der Waals surface area (Å²) in [6.07, 6.45) is 12.8. The summed E-state index contributed by atoms with van der Waals surface area (Å²) in [7, 11) is 4.10. The minimum atomic E-state index is 0.546. The lowest BCUT2D eigenvalue weighted by Crippen LogP contribution is -2.01. The Morgan fingerprint density at radius 2 is 1.80 bits per heavy atom. The summed E-state index contributed by atoms with van der Waals surface area (Å²) < 4.78 is 0. The molecule has 0 aliphatic heterocycles. The van der Waals surface area contributed by atoms with E-state index >= 15 is 0 Å². The molecule has 0 aromatic rings. The first-order valence-electron chi connectivity index (χ1n) is 6.07. The highest BCUT2D eigenvalue weighted by Gasteiger charge is 1.95. The maximum Gasteiger partial charge on any atom is 0.00555 e. The average Bonchev–Trinajstić information content (AvgIpc) is 2.21. The predicted octanol–water partition coefficient (Wildman–Crippen LogP) is 4.08. The minimum Gasteiger partial charge on any atom is -0.384 e. The van der Waals surface area contributed by atoms with E-state index in [1.165, 1.54) is 19.3 Å². The van der Waals surface area contributed by atoms with E-state index in [1.54, 1.807) is 0 Å². The molecule has 0 fully saturated rings. The van der Waals surface area contributed by atoms with Gasteiger partial charge in [0.1, 0.15) is 0 Å². The van der Waals surface area contributed by atoms with Crippen molar-refractivity contribution in [2.45, 2.75) is 40.0 Å². The van der Waals surface area contributed by atoms with Gasteiger partial charge in [-0.1, -0.05) is 45.4 Å². The molecule has 0 saturated heterocycles. The fourth-order valence-corrected chi connectivity index (χ4v) is 1.27. The zero-order valence-electron chi connectivity index (χ0n) is 11.0. The highest BCUT2D eigenvalue weighted by Crippen LogP contribution is 2.10. The molecule has 2 unspecified atom stereocenters. The smallest absolute Gasteiger partial charge is 0.00555 e. The summed E-state index contributed by atoms with van der Waals surface area (Å²) in [5, 5.41) is 0. The topological polar surface area (TPSA) is 3.24 Å². The van der Waals surface area contributed by atoms with Gasteiger partial charge in [-0.05, 0) is 30.9 Å². The van der Waals surface area contributed by atoms with Gasteiger partial charge in [0.05, 0.1) is 0 Å². The maximum atomic E-state index is 2.32. The van der Waals surface area contributed by atoms with Crippen LogP contribution < -0.4 is 0 Å². The maximum absolute atomic E-state index is 2.32. The van der Waals surface area contributed by atoms with Crippen LogP contribution in [0.25, 0.3) is 0 Å². The fraction of sp³-hybridized carbons (Fsp3) is 0.714. The molecule has 0 aromatic heterocycles. The van der Waals surface area contributed by atoms with Crippen LogP contribution in [0.3, 0.4) is 0 Å². The third kappa shape index (κ3) is 9.58. The number of nitrogens with zero attached hydrogens (tertiary/aromatic N) is 1. The lowest BCUT2D eigenvalue weighted by molar-refractivity contribution is 0.521. The van der Waals surface area contributed by atoms with Gasteiger partial charge in [-0.3, -0.25) is 0 Å². The van der Waals surface area contributed by atoms with Crippen molar-refractivity contribution in [3.63, 3.8) is 0 Å². The molecule has 0 aromatic carbocycles. The van der Waals surface area contributed by atoms with Crippen LogP contribution in [0.2, 0.25) is 0 Å². The zero-order chi connectivity index (χ0) is 11.7. The van der Waals surface area contributed by atoms with E-state index < -0.39 is 0 Å². The van der Waals surface area contributed by atoms with Crippen LogP contribution in [-0.2, 0) is 0 Å². The van der Waals surface area contributed by atoms with Crippen molar-refractivity contribution < 1.29 is 0 Å². The van der Waals surface area contributed by atoms with E-state index in [0.29, 0.717) is 5.92 Å². The molecular formula is C14H27N. The molecule has 2 atom stereocenters. The molecular weight excluding hydrogens is 182 g/mol. The van der Waals surface area contributed by atoms with E-state index in [1.807, 2.05) is 0 Å². The molecule has 1 nitrogen and oxygen atoms in total. The van der Waals surface area contributed by atoms with Crippen LogP contribution in [-0.4, -0.2) is 19.0 Å². The Hall–Kier alpha value is -0.720. The van der Waals surface area contributed by atoms with Crippen LogP contribution in [0.1, 0.15) is 40.0 Å². The Bertz CT molecular complexity index is 192. The third-order valence-electron chi connectivity index (χ3n) is 2.65. The van der Waals surface area contributed by atoms with Crippen molar-refractivity contribution in [2.24, 2.45) is 11.8 Å². The van der Waals surface area contributed by atoms with E-state index in [9.17, 15) is 0 Å². The monoisotopic (exact) mass is 209 g/mol. The van der Waals surface area contributed by atoms with Crippen molar-refractivity contribution in [2.75, 3.05) is 14.1 Å². The predicted molar refractivity (Wildman–Crippen MR) is 69.8 cm³/mol. The normalized spacial score (nSPS) is 16.1. The second kappa shape index (κ2) is 8.58. The van der Waals surface area contributed by atoms with Crippen molar-refractivity contribution in [3.8, 4) is 0 Å². The van der Waals surface area contributed by atoms with E-state index in [2.05, 4.69) is 64.2 Å². The van der Waals surface area contributed by atoms with Crippen molar-refractivity contribution in [3.05, 3.63) is 24.4 Å².